The number of methoxy groups -OCH3 is 1. The number of ether oxygens (including phenoxy) is 2. The summed E-state index contributed by atoms with van der Waals surface area (Å²) in [5.41, 5.74) is 1.60. The summed E-state index contributed by atoms with van der Waals surface area (Å²) < 4.78 is 10.8. The van der Waals surface area contributed by atoms with Gasteiger partial charge in [-0.25, -0.2) is 0 Å². The number of allylic oxidation sites excluding steroid dienone is 1. The Morgan fingerprint density at radius 2 is 1.84 bits per heavy atom. The molecule has 0 unspecified atom stereocenters. The van der Waals surface area contributed by atoms with Crippen molar-refractivity contribution < 1.29 is 29.0 Å². The summed E-state index contributed by atoms with van der Waals surface area (Å²) in [5, 5.41) is 8.77. The van der Waals surface area contributed by atoms with E-state index in [2.05, 4.69) is 19.9 Å². The van der Waals surface area contributed by atoms with Gasteiger partial charge in [0.1, 0.15) is 6.10 Å². The second kappa shape index (κ2) is 8.25. The summed E-state index contributed by atoms with van der Waals surface area (Å²) in [4.78, 5) is 35.1. The standard InChI is InChI=1S/C25H36O6/c1-24-12-10-16(31-22(28)9-8-21(26)27)14-15(24)4-5-17-18-6-7-20(23(29)30-3)25(18,2)13-11-19(17)24/h4,16-20H,5-14H2,1-3H3,(H,26,27)/t16-,17-,18-,19-,20+,24+,25-/m1/s1. The van der Waals surface area contributed by atoms with Gasteiger partial charge in [0.15, 0.2) is 0 Å². The second-order valence-corrected chi connectivity index (χ2v) is 10.7. The Morgan fingerprint density at radius 3 is 2.55 bits per heavy atom. The lowest BCUT2D eigenvalue weighted by Crippen LogP contribution is -2.51. The van der Waals surface area contributed by atoms with Crippen molar-refractivity contribution in [3.05, 3.63) is 11.6 Å². The molecule has 31 heavy (non-hydrogen) atoms. The number of esters is 2. The van der Waals surface area contributed by atoms with E-state index in [1.54, 1.807) is 0 Å². The average Bonchev–Trinajstić information content (AvgIpc) is 3.09. The number of hydrogen-bond donors (Lipinski definition) is 1. The zero-order valence-electron chi connectivity index (χ0n) is 19.0. The van der Waals surface area contributed by atoms with Crippen molar-refractivity contribution in [3.63, 3.8) is 0 Å². The van der Waals surface area contributed by atoms with Crippen LogP contribution < -0.4 is 0 Å². The average molecular weight is 433 g/mol. The molecule has 4 aliphatic carbocycles. The van der Waals surface area contributed by atoms with Gasteiger partial charge in [0.2, 0.25) is 0 Å². The van der Waals surface area contributed by atoms with Gasteiger partial charge in [0.25, 0.3) is 0 Å². The monoisotopic (exact) mass is 432 g/mol. The molecule has 0 bridgehead atoms. The third kappa shape index (κ3) is 3.80. The Labute approximate surface area is 184 Å². The van der Waals surface area contributed by atoms with E-state index in [-0.39, 0.29) is 41.7 Å². The molecule has 7 atom stereocenters. The van der Waals surface area contributed by atoms with E-state index in [4.69, 9.17) is 14.6 Å². The molecule has 6 heteroatoms. The summed E-state index contributed by atoms with van der Waals surface area (Å²) in [5.74, 6) is 0.409. The Bertz CT molecular complexity index is 787. The fourth-order valence-electron chi connectivity index (χ4n) is 7.71. The van der Waals surface area contributed by atoms with Crippen LogP contribution in [0.15, 0.2) is 11.6 Å². The van der Waals surface area contributed by atoms with Crippen molar-refractivity contribution >= 4 is 17.9 Å². The molecular formula is C25H36O6. The third-order valence-corrected chi connectivity index (χ3v) is 9.39. The summed E-state index contributed by atoms with van der Waals surface area (Å²) in [6.07, 6.45) is 9.95. The van der Waals surface area contributed by atoms with Crippen LogP contribution in [0.5, 0.6) is 0 Å². The quantitative estimate of drug-likeness (QED) is 0.508. The van der Waals surface area contributed by atoms with Crippen LogP contribution in [0.2, 0.25) is 0 Å². The highest BCUT2D eigenvalue weighted by molar-refractivity contribution is 5.76. The van der Waals surface area contributed by atoms with E-state index in [1.165, 1.54) is 12.7 Å². The molecule has 172 valence electrons. The topological polar surface area (TPSA) is 89.9 Å². The van der Waals surface area contributed by atoms with Gasteiger partial charge in [0.05, 0.1) is 25.9 Å². The second-order valence-electron chi connectivity index (χ2n) is 10.7. The summed E-state index contributed by atoms with van der Waals surface area (Å²) in [6.45, 7) is 4.71. The molecule has 0 amide bonds. The number of carbonyl (C=O) groups excluding carboxylic acids is 2. The van der Waals surface area contributed by atoms with E-state index < -0.39 is 11.9 Å². The molecule has 0 saturated heterocycles. The van der Waals surface area contributed by atoms with E-state index in [0.717, 1.165) is 51.4 Å². The Balaban J connectivity index is 1.46. The normalized spacial score (nSPS) is 41.3. The van der Waals surface area contributed by atoms with Gasteiger partial charge in [-0.05, 0) is 73.5 Å². The lowest BCUT2D eigenvalue weighted by Gasteiger charge is -2.57. The van der Waals surface area contributed by atoms with Gasteiger partial charge >= 0.3 is 17.9 Å². The van der Waals surface area contributed by atoms with Crippen molar-refractivity contribution in [2.45, 2.75) is 84.2 Å². The van der Waals surface area contributed by atoms with Crippen LogP contribution in [0.25, 0.3) is 0 Å². The van der Waals surface area contributed by atoms with Gasteiger partial charge in [0, 0.05) is 6.42 Å². The molecule has 0 spiro atoms. The predicted molar refractivity (Wildman–Crippen MR) is 114 cm³/mol. The predicted octanol–water partition coefficient (Wildman–Crippen LogP) is 4.52. The van der Waals surface area contributed by atoms with Crippen LogP contribution in [-0.4, -0.2) is 36.2 Å². The molecule has 0 aromatic carbocycles. The Kier molecular flexibility index (Phi) is 5.95. The molecule has 4 rings (SSSR count). The first-order valence-electron chi connectivity index (χ1n) is 11.9. The highest BCUT2D eigenvalue weighted by Crippen LogP contribution is 2.66. The fourth-order valence-corrected chi connectivity index (χ4v) is 7.71. The van der Waals surface area contributed by atoms with E-state index in [9.17, 15) is 14.4 Å². The fraction of sp³-hybridized carbons (Fsp3) is 0.800. The minimum atomic E-state index is -0.972. The number of carbonyl (C=O) groups is 3. The van der Waals surface area contributed by atoms with Crippen LogP contribution in [0.4, 0.5) is 0 Å². The summed E-state index contributed by atoms with van der Waals surface area (Å²) >= 11 is 0. The SMILES string of the molecule is COC(=O)[C@@H]1CC[C@@H]2[C@H]3CC=C4C[C@H](OC(=O)CCC(=O)O)CC[C@]4(C)[C@@H]3CC[C@]21C. The minimum absolute atomic E-state index is 0.0302. The zero-order chi connectivity index (χ0) is 22.4. The molecule has 0 heterocycles. The number of aliphatic carboxylic acids is 1. The number of carboxylic acids is 1. The molecule has 1 N–H and O–H groups in total. The van der Waals surface area contributed by atoms with Crippen molar-refractivity contribution in [2.24, 2.45) is 34.5 Å². The van der Waals surface area contributed by atoms with E-state index in [1.807, 2.05) is 0 Å². The van der Waals surface area contributed by atoms with Crippen LogP contribution >= 0.6 is 0 Å². The third-order valence-electron chi connectivity index (χ3n) is 9.39. The molecule has 0 radical (unpaired) electrons. The zero-order valence-corrected chi connectivity index (χ0v) is 19.0. The van der Waals surface area contributed by atoms with Gasteiger partial charge < -0.3 is 14.6 Å². The molecule has 0 aromatic heterocycles. The molecular weight excluding hydrogens is 396 g/mol. The number of fused-ring (bicyclic) bond motifs is 5. The molecule has 3 saturated carbocycles. The number of hydrogen-bond acceptors (Lipinski definition) is 5. The first-order chi connectivity index (χ1) is 14.7. The Morgan fingerprint density at radius 1 is 1.06 bits per heavy atom. The van der Waals surface area contributed by atoms with E-state index >= 15 is 0 Å². The number of carboxylic acid groups (broad SMARTS) is 1. The number of rotatable bonds is 5. The molecule has 0 aromatic rings. The largest absolute Gasteiger partial charge is 0.481 e. The van der Waals surface area contributed by atoms with Crippen LogP contribution in [-0.2, 0) is 23.9 Å². The van der Waals surface area contributed by atoms with Crippen molar-refractivity contribution in [1.82, 2.24) is 0 Å². The van der Waals surface area contributed by atoms with Crippen molar-refractivity contribution in [1.29, 1.82) is 0 Å². The van der Waals surface area contributed by atoms with Crippen molar-refractivity contribution in [2.75, 3.05) is 7.11 Å². The van der Waals surface area contributed by atoms with Gasteiger partial charge in [-0.2, -0.15) is 0 Å². The minimum Gasteiger partial charge on any atom is -0.481 e. The molecule has 6 nitrogen and oxygen atoms in total. The maximum Gasteiger partial charge on any atom is 0.309 e. The summed E-state index contributed by atoms with van der Waals surface area (Å²) in [7, 11) is 1.51. The lowest BCUT2D eigenvalue weighted by molar-refractivity contribution is -0.155. The van der Waals surface area contributed by atoms with Crippen LogP contribution in [0.3, 0.4) is 0 Å². The summed E-state index contributed by atoms with van der Waals surface area (Å²) in [6, 6.07) is 0. The molecule has 0 aliphatic heterocycles. The van der Waals surface area contributed by atoms with Gasteiger partial charge in [-0.1, -0.05) is 25.5 Å². The highest BCUT2D eigenvalue weighted by Gasteiger charge is 2.60. The van der Waals surface area contributed by atoms with E-state index in [0.29, 0.717) is 17.8 Å². The first kappa shape index (κ1) is 22.3. The maximum absolute atomic E-state index is 12.4. The van der Waals surface area contributed by atoms with Gasteiger partial charge in [-0.15, -0.1) is 0 Å². The van der Waals surface area contributed by atoms with Gasteiger partial charge in [-0.3, -0.25) is 14.4 Å². The molecule has 3 fully saturated rings. The maximum atomic E-state index is 12.4. The van der Waals surface area contributed by atoms with Crippen LogP contribution in [0.1, 0.15) is 78.1 Å². The lowest BCUT2D eigenvalue weighted by atomic mass is 9.47. The van der Waals surface area contributed by atoms with Crippen LogP contribution in [0, 0.1) is 34.5 Å². The highest BCUT2D eigenvalue weighted by atomic mass is 16.5. The smallest absolute Gasteiger partial charge is 0.309 e. The first-order valence-corrected chi connectivity index (χ1v) is 11.9. The van der Waals surface area contributed by atoms with Crippen molar-refractivity contribution in [3.8, 4) is 0 Å². The Hall–Kier alpha value is -1.85. The molecule has 4 aliphatic rings.